The van der Waals surface area contributed by atoms with Crippen LogP contribution in [0.2, 0.25) is 0 Å². The summed E-state index contributed by atoms with van der Waals surface area (Å²) in [7, 11) is 0. The van der Waals surface area contributed by atoms with Gasteiger partial charge in [0.05, 0.1) is 36.9 Å². The van der Waals surface area contributed by atoms with Gasteiger partial charge >= 0.3 is 24.0 Å². The number of benzene rings is 1. The quantitative estimate of drug-likeness (QED) is 0.151. The smallest absolute Gasteiger partial charge is 0.407 e. The van der Waals surface area contributed by atoms with Gasteiger partial charge in [-0.2, -0.15) is 0 Å². The van der Waals surface area contributed by atoms with Crippen molar-refractivity contribution in [1.29, 1.82) is 0 Å². The number of alkyl carbamates (subject to hydrolysis) is 1. The Bertz CT molecular complexity index is 1850. The predicted octanol–water partition coefficient (Wildman–Crippen LogP) is 5.14. The second-order valence-corrected chi connectivity index (χ2v) is 19.7. The molecule has 1 heterocycles. The number of aliphatic hydroxyl groups is 2. The number of Topliss-reactive ketones (excluding diaryl/α,β-unsaturated/α-hetero) is 1. The van der Waals surface area contributed by atoms with Crippen LogP contribution >= 0.6 is 0 Å². The minimum atomic E-state index is -1.79. The molecule has 1 aromatic rings. The summed E-state index contributed by atoms with van der Waals surface area (Å²) in [5.41, 5.74) is -3.51. The molecule has 3 N–H and O–H groups in total. The first-order valence-electron chi connectivity index (χ1n) is 20.9. The largest absolute Gasteiger partial charge is 0.456 e. The summed E-state index contributed by atoms with van der Waals surface area (Å²) >= 11 is 0. The summed E-state index contributed by atoms with van der Waals surface area (Å²) in [4.78, 5) is 69.0. The second-order valence-electron chi connectivity index (χ2n) is 19.7. The first-order valence-corrected chi connectivity index (χ1v) is 20.9. The van der Waals surface area contributed by atoms with Crippen molar-refractivity contribution in [2.24, 2.45) is 34.0 Å². The lowest BCUT2D eigenvalue weighted by molar-refractivity contribution is -0.339. The molecule has 2 bridgehead atoms. The molecule has 12 atom stereocenters. The summed E-state index contributed by atoms with van der Waals surface area (Å²) in [6, 6.07) is 8.40. The highest BCUT2D eigenvalue weighted by atomic mass is 16.6. The summed E-state index contributed by atoms with van der Waals surface area (Å²) in [6.45, 7) is 19.2. The molecule has 3 saturated carbocycles. The summed E-state index contributed by atoms with van der Waals surface area (Å²) in [6.07, 6.45) is -7.49. The van der Waals surface area contributed by atoms with E-state index in [1.54, 1.807) is 41.5 Å². The molecular weight excluding hydrogens is 762 g/mol. The normalized spacial score (nSPS) is 35.2. The standard InChI is InChI=1S/C45H63NO13/c1-12-31(49)57-36-32-23(2)28(56-39(52)34(50)33(27-20-42(27,7)8)46-40(53)59-41(4,5)6)18-26(43(32,9)10)35(54-21-25-16-14-13-15-17-25)37-44(11,38(36)51)29(48)19-30-45(37,22-55-30)58-24(3)47/h13-17,26-30,33-37,48,50H,12,18-22H2,1-11H3,(H,46,53)/t26?,27-,28+,29+,30-,33+,34-,35?,36?,37?,44-,45+/m1/s1. The third kappa shape index (κ3) is 8.18. The van der Waals surface area contributed by atoms with Gasteiger partial charge in [0.15, 0.2) is 23.6 Å². The van der Waals surface area contributed by atoms with Crippen LogP contribution in [0.3, 0.4) is 0 Å². The number of ketones is 1. The molecule has 14 nitrogen and oxygen atoms in total. The van der Waals surface area contributed by atoms with Crippen LogP contribution in [-0.4, -0.2) is 100 Å². The molecule has 4 aliphatic carbocycles. The van der Waals surface area contributed by atoms with Crippen LogP contribution in [0.4, 0.5) is 4.79 Å². The van der Waals surface area contributed by atoms with Crippen LogP contribution in [0.5, 0.6) is 0 Å². The van der Waals surface area contributed by atoms with Crippen molar-refractivity contribution < 1.29 is 62.6 Å². The van der Waals surface area contributed by atoms with Gasteiger partial charge in [-0.25, -0.2) is 9.59 Å². The van der Waals surface area contributed by atoms with Gasteiger partial charge in [-0.3, -0.25) is 14.4 Å². The Kier molecular flexibility index (Phi) is 12.0. The SMILES string of the molecule is CCC(=O)OC1C(=O)[C@@]2(C)C(C(OCc3ccccc3)C3C[C@H](OC(=O)[C@H](O)[C@@H](NC(=O)OC(C)(C)C)[C@H]4CC4(C)C)C(C)=C1C3(C)C)[C@]1(OC(C)=O)CO[C@@H]1C[C@@H]2O. The zero-order valence-corrected chi connectivity index (χ0v) is 36.3. The number of ether oxygens (including phenoxy) is 6. The van der Waals surface area contributed by atoms with Crippen molar-refractivity contribution in [1.82, 2.24) is 5.32 Å². The minimum Gasteiger partial charge on any atom is -0.456 e. The van der Waals surface area contributed by atoms with Crippen LogP contribution in [0.1, 0.15) is 107 Å². The highest BCUT2D eigenvalue weighted by Crippen LogP contribution is 2.63. The Balaban J connectivity index is 1.48. The van der Waals surface area contributed by atoms with Crippen molar-refractivity contribution in [3.05, 3.63) is 47.0 Å². The highest BCUT2D eigenvalue weighted by molar-refractivity contribution is 5.95. The van der Waals surface area contributed by atoms with Gasteiger partial charge in [0, 0.05) is 25.7 Å². The van der Waals surface area contributed by atoms with E-state index >= 15 is 4.79 Å². The maximum atomic E-state index is 15.5. The molecule has 0 radical (unpaired) electrons. The number of hydrogen-bond donors (Lipinski definition) is 3. The number of aliphatic hydroxyl groups excluding tert-OH is 2. The van der Waals surface area contributed by atoms with Crippen LogP contribution in [0, 0.1) is 34.0 Å². The van der Waals surface area contributed by atoms with E-state index in [2.05, 4.69) is 5.32 Å². The first-order chi connectivity index (χ1) is 27.4. The monoisotopic (exact) mass is 825 g/mol. The Morgan fingerprint density at radius 3 is 2.20 bits per heavy atom. The number of fused-ring (bicyclic) bond motifs is 5. The minimum absolute atomic E-state index is 0.0214. The number of carbonyl (C=O) groups excluding carboxylic acids is 5. The third-order valence-corrected chi connectivity index (χ3v) is 13.8. The van der Waals surface area contributed by atoms with E-state index in [0.29, 0.717) is 17.6 Å². The van der Waals surface area contributed by atoms with Gasteiger partial charge in [-0.1, -0.05) is 65.0 Å². The molecule has 4 fully saturated rings. The van der Waals surface area contributed by atoms with Crippen LogP contribution in [0.25, 0.3) is 0 Å². The molecule has 1 aromatic carbocycles. The van der Waals surface area contributed by atoms with E-state index in [0.717, 1.165) is 5.56 Å². The maximum absolute atomic E-state index is 15.5. The lowest BCUT2D eigenvalue weighted by atomic mass is 9.46. The van der Waals surface area contributed by atoms with Crippen molar-refractivity contribution in [3.63, 3.8) is 0 Å². The Hall–Kier alpha value is -3.85. The molecule has 1 saturated heterocycles. The number of rotatable bonds is 11. The molecule has 5 aliphatic rings. The highest BCUT2D eigenvalue weighted by Gasteiger charge is 2.75. The summed E-state index contributed by atoms with van der Waals surface area (Å²) < 4.78 is 37.0. The van der Waals surface area contributed by atoms with E-state index in [9.17, 15) is 29.4 Å². The lowest BCUT2D eigenvalue weighted by Crippen LogP contribution is -2.79. The fraction of sp³-hybridized carbons (Fsp3) is 0.711. The van der Waals surface area contributed by atoms with Crippen molar-refractivity contribution in [2.45, 2.75) is 162 Å². The van der Waals surface area contributed by atoms with E-state index in [-0.39, 0.29) is 43.8 Å². The van der Waals surface area contributed by atoms with Crippen LogP contribution < -0.4 is 5.32 Å². The van der Waals surface area contributed by atoms with Gasteiger partial charge in [-0.15, -0.1) is 0 Å². The van der Waals surface area contributed by atoms with E-state index in [1.807, 2.05) is 58.0 Å². The molecule has 1 amide bonds. The van der Waals surface area contributed by atoms with E-state index in [1.165, 1.54) is 6.92 Å². The Morgan fingerprint density at radius 2 is 1.66 bits per heavy atom. The molecule has 14 heteroatoms. The summed E-state index contributed by atoms with van der Waals surface area (Å²) in [5, 5.41) is 26.5. The number of hydrogen-bond acceptors (Lipinski definition) is 13. The van der Waals surface area contributed by atoms with Crippen molar-refractivity contribution >= 4 is 29.8 Å². The summed E-state index contributed by atoms with van der Waals surface area (Å²) in [5.74, 6) is -4.77. The van der Waals surface area contributed by atoms with Crippen molar-refractivity contribution in [3.8, 4) is 0 Å². The van der Waals surface area contributed by atoms with Gasteiger partial charge in [0.25, 0.3) is 0 Å². The average Bonchev–Trinajstić information content (AvgIpc) is 3.78. The molecule has 0 aromatic heterocycles. The number of amides is 1. The zero-order valence-electron chi connectivity index (χ0n) is 36.3. The van der Waals surface area contributed by atoms with Crippen LogP contribution in [-0.2, 0) is 54.2 Å². The van der Waals surface area contributed by atoms with E-state index in [4.69, 9.17) is 28.4 Å². The van der Waals surface area contributed by atoms with Gasteiger partial charge < -0.3 is 44.0 Å². The Morgan fingerprint density at radius 1 is 1.02 bits per heavy atom. The van der Waals surface area contributed by atoms with Crippen molar-refractivity contribution in [2.75, 3.05) is 6.61 Å². The maximum Gasteiger partial charge on any atom is 0.407 e. The molecule has 1 aliphatic heterocycles. The number of nitrogens with one attached hydrogen (secondary N) is 1. The average molecular weight is 826 g/mol. The lowest BCUT2D eigenvalue weighted by Gasteiger charge is -2.66. The third-order valence-electron chi connectivity index (χ3n) is 13.8. The number of carbonyl (C=O) groups is 5. The molecular formula is C45H63NO13. The van der Waals surface area contributed by atoms with Gasteiger partial charge in [-0.05, 0) is 86.8 Å². The predicted molar refractivity (Wildman–Crippen MR) is 212 cm³/mol. The molecule has 326 valence electrons. The van der Waals surface area contributed by atoms with Gasteiger partial charge in [0.1, 0.15) is 17.8 Å². The fourth-order valence-corrected chi connectivity index (χ4v) is 10.5. The van der Waals surface area contributed by atoms with Gasteiger partial charge in [0.2, 0.25) is 0 Å². The van der Waals surface area contributed by atoms with Crippen LogP contribution in [0.15, 0.2) is 41.5 Å². The molecule has 6 rings (SSSR count). The molecule has 0 spiro atoms. The zero-order chi connectivity index (χ0) is 43.6. The van der Waals surface area contributed by atoms with E-state index < -0.39 is 106 Å². The molecule has 4 unspecified atom stereocenters. The molecule has 59 heavy (non-hydrogen) atoms. The first kappa shape index (κ1) is 44.7. The number of esters is 3. The Labute approximate surface area is 347 Å². The second kappa shape index (κ2) is 15.9. The fourth-order valence-electron chi connectivity index (χ4n) is 10.5. The topological polar surface area (TPSA) is 193 Å².